The first-order valence-corrected chi connectivity index (χ1v) is 10.2. The van der Waals surface area contributed by atoms with Crippen LogP contribution in [0.3, 0.4) is 0 Å². The number of carbonyl (C=O) groups excluding carboxylic acids is 2. The van der Waals surface area contributed by atoms with Crippen molar-refractivity contribution in [1.82, 2.24) is 10.6 Å². The molecule has 0 unspecified atom stereocenters. The van der Waals surface area contributed by atoms with Gasteiger partial charge in [-0.3, -0.25) is 4.79 Å². The van der Waals surface area contributed by atoms with Crippen molar-refractivity contribution < 1.29 is 41.2 Å². The van der Waals surface area contributed by atoms with Crippen molar-refractivity contribution in [3.63, 3.8) is 0 Å². The van der Waals surface area contributed by atoms with Gasteiger partial charge in [0.15, 0.2) is 12.4 Å². The number of nitrogens with one attached hydrogen (secondary N) is 2. The first-order valence-electron chi connectivity index (χ1n) is 10.2. The van der Waals surface area contributed by atoms with Gasteiger partial charge in [0.25, 0.3) is 12.6 Å². The number of carboxylic acid groups (broad SMARTS) is 1. The molecular formula is C23H30ClN3O5. The standard InChI is InChI=1S/C23H29N3O5.ClH/c1-16(2)13-20(22(28)29)25-21(27)19-9-11-26(12-10-19)15-31-23(30)24-17(3)14-18-7-5-4-6-8-18;/h4-12,16-17,20H,13-15H2,1-3H3,(H2-,24,25,27,28,29,30);1H/t17-,20-;/m0./s1. The monoisotopic (exact) mass is 463 g/mol. The first kappa shape index (κ1) is 26.9. The zero-order valence-corrected chi connectivity index (χ0v) is 19.2. The Labute approximate surface area is 194 Å². The Morgan fingerprint density at radius 2 is 1.62 bits per heavy atom. The largest absolute Gasteiger partial charge is 1.00 e. The summed E-state index contributed by atoms with van der Waals surface area (Å²) in [4.78, 5) is 35.6. The third-order valence-electron chi connectivity index (χ3n) is 4.56. The molecule has 2 amide bonds. The van der Waals surface area contributed by atoms with E-state index in [2.05, 4.69) is 10.6 Å². The summed E-state index contributed by atoms with van der Waals surface area (Å²) in [6.45, 7) is 5.67. The molecule has 174 valence electrons. The van der Waals surface area contributed by atoms with E-state index in [1.54, 1.807) is 29.1 Å². The summed E-state index contributed by atoms with van der Waals surface area (Å²) in [5, 5.41) is 14.6. The quantitative estimate of drug-likeness (QED) is 0.412. The molecule has 0 saturated carbocycles. The first-order chi connectivity index (χ1) is 14.7. The molecule has 1 heterocycles. The van der Waals surface area contributed by atoms with E-state index in [-0.39, 0.29) is 31.1 Å². The number of alkyl carbamates (subject to hydrolysis) is 1. The van der Waals surface area contributed by atoms with Gasteiger partial charge in [-0.2, -0.15) is 4.57 Å². The normalized spacial score (nSPS) is 12.2. The van der Waals surface area contributed by atoms with E-state index in [0.29, 0.717) is 18.4 Å². The highest BCUT2D eigenvalue weighted by Gasteiger charge is 2.22. The van der Waals surface area contributed by atoms with Crippen molar-refractivity contribution in [1.29, 1.82) is 0 Å². The van der Waals surface area contributed by atoms with Gasteiger partial charge in [-0.15, -0.1) is 0 Å². The van der Waals surface area contributed by atoms with Crippen LogP contribution in [0, 0.1) is 5.92 Å². The maximum atomic E-state index is 12.3. The predicted octanol–water partition coefficient (Wildman–Crippen LogP) is -0.478. The molecule has 0 aliphatic carbocycles. The highest BCUT2D eigenvalue weighted by atomic mass is 35.5. The molecule has 9 heteroatoms. The molecule has 0 spiro atoms. The van der Waals surface area contributed by atoms with Gasteiger partial charge in [0.1, 0.15) is 6.04 Å². The lowest BCUT2D eigenvalue weighted by Gasteiger charge is -2.16. The molecule has 0 aliphatic rings. The number of hydrogen-bond donors (Lipinski definition) is 3. The Kier molecular flexibility index (Phi) is 11.2. The Morgan fingerprint density at radius 1 is 1.00 bits per heavy atom. The van der Waals surface area contributed by atoms with E-state index in [1.807, 2.05) is 51.1 Å². The summed E-state index contributed by atoms with van der Waals surface area (Å²) in [7, 11) is 0. The number of benzene rings is 1. The molecule has 0 radical (unpaired) electrons. The molecule has 2 aromatic rings. The van der Waals surface area contributed by atoms with E-state index < -0.39 is 24.0 Å². The predicted molar refractivity (Wildman–Crippen MR) is 114 cm³/mol. The van der Waals surface area contributed by atoms with Crippen LogP contribution in [0.4, 0.5) is 4.79 Å². The van der Waals surface area contributed by atoms with Crippen molar-refractivity contribution in [3.8, 4) is 0 Å². The Hall–Kier alpha value is -3.13. The van der Waals surface area contributed by atoms with Crippen LogP contribution in [0.2, 0.25) is 0 Å². The molecule has 2 atom stereocenters. The lowest BCUT2D eigenvalue weighted by atomic mass is 10.0. The van der Waals surface area contributed by atoms with Crippen LogP contribution in [0.25, 0.3) is 0 Å². The van der Waals surface area contributed by atoms with Gasteiger partial charge in [-0.25, -0.2) is 9.59 Å². The molecule has 0 bridgehead atoms. The summed E-state index contributed by atoms with van der Waals surface area (Å²) in [6.07, 6.45) is 3.69. The van der Waals surface area contributed by atoms with Crippen molar-refractivity contribution in [2.45, 2.75) is 52.4 Å². The highest BCUT2D eigenvalue weighted by Crippen LogP contribution is 2.07. The molecule has 0 saturated heterocycles. The van der Waals surface area contributed by atoms with Crippen LogP contribution in [-0.4, -0.2) is 35.2 Å². The van der Waals surface area contributed by atoms with Crippen LogP contribution in [0.15, 0.2) is 54.9 Å². The minimum Gasteiger partial charge on any atom is -1.00 e. The second-order valence-corrected chi connectivity index (χ2v) is 7.89. The van der Waals surface area contributed by atoms with E-state index >= 15 is 0 Å². The third kappa shape index (κ3) is 9.34. The average molecular weight is 464 g/mol. The van der Waals surface area contributed by atoms with E-state index in [9.17, 15) is 19.5 Å². The Morgan fingerprint density at radius 3 is 2.19 bits per heavy atom. The maximum absolute atomic E-state index is 12.3. The number of nitrogens with zero attached hydrogens (tertiary/aromatic N) is 1. The number of pyridine rings is 1. The van der Waals surface area contributed by atoms with E-state index in [4.69, 9.17) is 4.74 Å². The summed E-state index contributed by atoms with van der Waals surface area (Å²) in [5.41, 5.74) is 1.45. The summed E-state index contributed by atoms with van der Waals surface area (Å²) in [5.74, 6) is -1.39. The average Bonchev–Trinajstić information content (AvgIpc) is 2.72. The van der Waals surface area contributed by atoms with Gasteiger partial charge >= 0.3 is 12.1 Å². The maximum Gasteiger partial charge on any atom is 0.412 e. The number of aromatic nitrogens is 1. The topological polar surface area (TPSA) is 109 Å². The van der Waals surface area contributed by atoms with Crippen molar-refractivity contribution in [2.75, 3.05) is 0 Å². The SMILES string of the molecule is CC(C)C[C@H](NC(=O)c1cc[n+](COC(=O)N[C@@H](C)Cc2ccccc2)cc1)C(=O)O.[Cl-]. The van der Waals surface area contributed by atoms with Gasteiger partial charge in [0, 0.05) is 18.2 Å². The fourth-order valence-electron chi connectivity index (χ4n) is 3.02. The molecule has 8 nitrogen and oxygen atoms in total. The van der Waals surface area contributed by atoms with Gasteiger partial charge in [-0.1, -0.05) is 44.2 Å². The second kappa shape index (κ2) is 13.3. The molecule has 32 heavy (non-hydrogen) atoms. The number of ether oxygens (including phenoxy) is 1. The number of hydrogen-bond acceptors (Lipinski definition) is 4. The minimum absolute atomic E-state index is 0. The number of carbonyl (C=O) groups is 3. The molecule has 0 fully saturated rings. The Bertz CT molecular complexity index is 875. The van der Waals surface area contributed by atoms with Gasteiger partial charge in [0.2, 0.25) is 0 Å². The van der Waals surface area contributed by atoms with Gasteiger partial charge < -0.3 is 32.9 Å². The van der Waals surface area contributed by atoms with Gasteiger partial charge in [-0.05, 0) is 31.2 Å². The van der Waals surface area contributed by atoms with Crippen LogP contribution in [0.5, 0.6) is 0 Å². The molecular weight excluding hydrogens is 434 g/mol. The second-order valence-electron chi connectivity index (χ2n) is 7.89. The Balaban J connectivity index is 0.00000512. The molecule has 2 rings (SSSR count). The molecule has 1 aromatic heterocycles. The summed E-state index contributed by atoms with van der Waals surface area (Å²) in [6, 6.07) is 11.9. The van der Waals surface area contributed by atoms with E-state index in [1.165, 1.54) is 0 Å². The van der Waals surface area contributed by atoms with Crippen molar-refractivity contribution in [3.05, 3.63) is 66.0 Å². The highest BCUT2D eigenvalue weighted by molar-refractivity contribution is 5.96. The lowest BCUT2D eigenvalue weighted by molar-refractivity contribution is -0.727. The number of carboxylic acids is 1. The summed E-state index contributed by atoms with van der Waals surface area (Å²) < 4.78 is 6.81. The fourth-order valence-corrected chi connectivity index (χ4v) is 3.02. The van der Waals surface area contributed by atoms with Crippen LogP contribution >= 0.6 is 0 Å². The summed E-state index contributed by atoms with van der Waals surface area (Å²) >= 11 is 0. The molecule has 1 aromatic carbocycles. The number of halogens is 1. The van der Waals surface area contributed by atoms with Crippen LogP contribution in [0.1, 0.15) is 43.1 Å². The van der Waals surface area contributed by atoms with Crippen LogP contribution < -0.4 is 27.6 Å². The lowest BCUT2D eigenvalue weighted by Crippen LogP contribution is -3.00. The number of amides is 2. The van der Waals surface area contributed by atoms with Crippen molar-refractivity contribution >= 4 is 18.0 Å². The van der Waals surface area contributed by atoms with Crippen molar-refractivity contribution in [2.24, 2.45) is 5.92 Å². The third-order valence-corrected chi connectivity index (χ3v) is 4.56. The molecule has 3 N–H and O–H groups in total. The fraction of sp³-hybridized carbons (Fsp3) is 0.391. The van der Waals surface area contributed by atoms with Gasteiger partial charge in [0.05, 0.1) is 5.56 Å². The number of aliphatic carboxylic acids is 1. The zero-order valence-electron chi connectivity index (χ0n) is 18.5. The van der Waals surface area contributed by atoms with Crippen LogP contribution in [-0.2, 0) is 22.7 Å². The zero-order chi connectivity index (χ0) is 22.8. The smallest absolute Gasteiger partial charge is 0.412 e. The van der Waals surface area contributed by atoms with E-state index in [0.717, 1.165) is 5.56 Å². The minimum atomic E-state index is -1.06. The number of rotatable bonds is 10. The molecule has 0 aliphatic heterocycles.